The number of hydrogen-bond donors (Lipinski definition) is 0. The third-order valence-electron chi connectivity index (χ3n) is 2.37. The normalized spacial score (nSPS) is 11.2. The molecule has 0 radical (unpaired) electrons. The summed E-state index contributed by atoms with van der Waals surface area (Å²) in [6, 6.07) is 4.83. The highest BCUT2D eigenvalue weighted by molar-refractivity contribution is 7.13. The lowest BCUT2D eigenvalue weighted by atomic mass is 10.2. The van der Waals surface area contributed by atoms with Gasteiger partial charge in [-0.05, 0) is 12.1 Å². The molecule has 1 aromatic heterocycles. The van der Waals surface area contributed by atoms with Crippen molar-refractivity contribution in [2.45, 2.75) is 6.29 Å². The molecule has 0 saturated carbocycles. The molecule has 0 bridgehead atoms. The Morgan fingerprint density at radius 3 is 2.72 bits per heavy atom. The zero-order chi connectivity index (χ0) is 13.1. The van der Waals surface area contributed by atoms with Crippen LogP contribution in [0.15, 0.2) is 23.6 Å². The summed E-state index contributed by atoms with van der Waals surface area (Å²) in [6.07, 6.45) is -0.544. The quantitative estimate of drug-likeness (QED) is 0.799. The van der Waals surface area contributed by atoms with E-state index in [1.807, 2.05) is 0 Å². The molecule has 18 heavy (non-hydrogen) atoms. The summed E-state index contributed by atoms with van der Waals surface area (Å²) >= 11 is 7.05. The summed E-state index contributed by atoms with van der Waals surface area (Å²) in [5.41, 5.74) is 0.990. The molecule has 2 aromatic rings. The van der Waals surface area contributed by atoms with Crippen LogP contribution in [0.4, 0.5) is 4.39 Å². The molecule has 0 aliphatic heterocycles. The molecule has 1 heterocycles. The van der Waals surface area contributed by atoms with Crippen LogP contribution in [0.3, 0.4) is 0 Å². The summed E-state index contributed by atoms with van der Waals surface area (Å²) in [4.78, 5) is 4.29. The van der Waals surface area contributed by atoms with E-state index in [2.05, 4.69) is 4.98 Å². The number of halogens is 2. The minimum Gasteiger partial charge on any atom is -0.350 e. The number of ether oxygens (including phenoxy) is 2. The van der Waals surface area contributed by atoms with E-state index >= 15 is 0 Å². The van der Waals surface area contributed by atoms with Crippen LogP contribution in [0.2, 0.25) is 5.02 Å². The monoisotopic (exact) mass is 287 g/mol. The molecule has 0 spiro atoms. The lowest BCUT2D eigenvalue weighted by Gasteiger charge is -2.09. The van der Waals surface area contributed by atoms with Gasteiger partial charge in [0, 0.05) is 25.2 Å². The van der Waals surface area contributed by atoms with Crippen molar-refractivity contribution < 1.29 is 13.9 Å². The van der Waals surface area contributed by atoms with Crippen LogP contribution >= 0.6 is 22.9 Å². The summed E-state index contributed by atoms with van der Waals surface area (Å²) in [6.45, 7) is 0. The lowest BCUT2D eigenvalue weighted by Crippen LogP contribution is -2.03. The van der Waals surface area contributed by atoms with Crippen molar-refractivity contribution in [3.63, 3.8) is 0 Å². The van der Waals surface area contributed by atoms with Crippen LogP contribution in [0.5, 0.6) is 0 Å². The fourth-order valence-corrected chi connectivity index (χ4v) is 2.54. The number of aromatic nitrogens is 1. The zero-order valence-electron chi connectivity index (χ0n) is 9.81. The van der Waals surface area contributed by atoms with Gasteiger partial charge >= 0.3 is 0 Å². The molecule has 2 rings (SSSR count). The van der Waals surface area contributed by atoms with E-state index in [9.17, 15) is 4.39 Å². The Balaban J connectivity index is 2.38. The minimum atomic E-state index is -0.544. The van der Waals surface area contributed by atoms with E-state index in [4.69, 9.17) is 21.1 Å². The molecule has 0 atom stereocenters. The first kappa shape index (κ1) is 13.4. The second kappa shape index (κ2) is 5.75. The first-order chi connectivity index (χ1) is 8.67. The second-order valence-electron chi connectivity index (χ2n) is 3.48. The van der Waals surface area contributed by atoms with Crippen molar-refractivity contribution in [3.05, 3.63) is 40.1 Å². The molecular formula is C12H11ClFNO2S. The smallest absolute Gasteiger partial charge is 0.201 e. The Hall–Kier alpha value is -1.01. The van der Waals surface area contributed by atoms with Gasteiger partial charge in [0.05, 0.1) is 5.02 Å². The standard InChI is InChI=1S/C12H11ClFNO2S/c1-16-12(17-2)9-6-18-11(15-9)7-4-3-5-8(13)10(7)14/h3-6,12H,1-2H3. The Morgan fingerprint density at radius 2 is 2.06 bits per heavy atom. The Labute approximate surface area is 113 Å². The van der Waals surface area contributed by atoms with Crippen LogP contribution < -0.4 is 0 Å². The van der Waals surface area contributed by atoms with Crippen LogP contribution in [-0.4, -0.2) is 19.2 Å². The molecule has 0 amide bonds. The van der Waals surface area contributed by atoms with Gasteiger partial charge in [0.1, 0.15) is 10.7 Å². The molecule has 3 nitrogen and oxygen atoms in total. The molecule has 0 aliphatic carbocycles. The zero-order valence-corrected chi connectivity index (χ0v) is 11.4. The first-order valence-corrected chi connectivity index (χ1v) is 6.38. The molecule has 0 N–H and O–H groups in total. The van der Waals surface area contributed by atoms with Gasteiger partial charge in [0.2, 0.25) is 6.29 Å². The van der Waals surface area contributed by atoms with Crippen molar-refractivity contribution in [1.29, 1.82) is 0 Å². The lowest BCUT2D eigenvalue weighted by molar-refractivity contribution is -0.108. The molecule has 0 saturated heterocycles. The van der Waals surface area contributed by atoms with Crippen molar-refractivity contribution >= 4 is 22.9 Å². The number of thiazole rings is 1. The van der Waals surface area contributed by atoms with Crippen LogP contribution in [0, 0.1) is 5.82 Å². The molecule has 96 valence electrons. The topological polar surface area (TPSA) is 31.4 Å². The van der Waals surface area contributed by atoms with Gasteiger partial charge in [0.15, 0.2) is 5.82 Å². The summed E-state index contributed by atoms with van der Waals surface area (Å²) in [5, 5.41) is 2.40. The highest BCUT2D eigenvalue weighted by atomic mass is 35.5. The number of methoxy groups -OCH3 is 2. The van der Waals surface area contributed by atoms with E-state index in [1.54, 1.807) is 17.5 Å². The predicted octanol–water partition coefficient (Wildman–Crippen LogP) is 3.89. The molecule has 0 fully saturated rings. The third kappa shape index (κ3) is 2.54. The van der Waals surface area contributed by atoms with Gasteiger partial charge in [-0.2, -0.15) is 0 Å². The molecule has 0 aliphatic rings. The Morgan fingerprint density at radius 1 is 1.33 bits per heavy atom. The van der Waals surface area contributed by atoms with E-state index < -0.39 is 12.1 Å². The van der Waals surface area contributed by atoms with Crippen LogP contribution in [0.25, 0.3) is 10.6 Å². The van der Waals surface area contributed by atoms with Crippen molar-refractivity contribution in [2.24, 2.45) is 0 Å². The summed E-state index contributed by atoms with van der Waals surface area (Å²) in [5.74, 6) is -0.466. The fraction of sp³-hybridized carbons (Fsp3) is 0.250. The maximum absolute atomic E-state index is 13.8. The largest absolute Gasteiger partial charge is 0.350 e. The van der Waals surface area contributed by atoms with Gasteiger partial charge in [-0.15, -0.1) is 11.3 Å². The van der Waals surface area contributed by atoms with Crippen LogP contribution in [0.1, 0.15) is 12.0 Å². The highest BCUT2D eigenvalue weighted by Gasteiger charge is 2.16. The van der Waals surface area contributed by atoms with Gasteiger partial charge in [-0.1, -0.05) is 17.7 Å². The SMILES string of the molecule is COC(OC)c1csc(-c2cccc(Cl)c2F)n1. The Bertz CT molecular complexity index is 543. The predicted molar refractivity (Wildman–Crippen MR) is 69.3 cm³/mol. The summed E-state index contributed by atoms with van der Waals surface area (Å²) < 4.78 is 24.0. The highest BCUT2D eigenvalue weighted by Crippen LogP contribution is 2.31. The minimum absolute atomic E-state index is 0.0827. The second-order valence-corrected chi connectivity index (χ2v) is 4.75. The van der Waals surface area contributed by atoms with E-state index in [-0.39, 0.29) is 5.02 Å². The number of hydrogen-bond acceptors (Lipinski definition) is 4. The summed E-state index contributed by atoms with van der Waals surface area (Å²) in [7, 11) is 3.04. The average Bonchev–Trinajstić information content (AvgIpc) is 2.84. The van der Waals surface area contributed by atoms with E-state index in [0.29, 0.717) is 16.3 Å². The van der Waals surface area contributed by atoms with Gasteiger partial charge in [-0.3, -0.25) is 0 Å². The van der Waals surface area contributed by atoms with Gasteiger partial charge in [-0.25, -0.2) is 9.37 Å². The first-order valence-electron chi connectivity index (χ1n) is 5.12. The number of benzene rings is 1. The number of rotatable bonds is 4. The van der Waals surface area contributed by atoms with Gasteiger partial charge in [0.25, 0.3) is 0 Å². The van der Waals surface area contributed by atoms with Gasteiger partial charge < -0.3 is 9.47 Å². The van der Waals surface area contributed by atoms with Crippen molar-refractivity contribution in [2.75, 3.05) is 14.2 Å². The van der Waals surface area contributed by atoms with Crippen molar-refractivity contribution in [3.8, 4) is 10.6 Å². The molecule has 1 aromatic carbocycles. The van der Waals surface area contributed by atoms with E-state index in [0.717, 1.165) is 0 Å². The van der Waals surface area contributed by atoms with Crippen molar-refractivity contribution in [1.82, 2.24) is 4.98 Å². The maximum Gasteiger partial charge on any atom is 0.201 e. The van der Waals surface area contributed by atoms with E-state index in [1.165, 1.54) is 31.6 Å². The maximum atomic E-state index is 13.8. The molecular weight excluding hydrogens is 277 g/mol. The fourth-order valence-electron chi connectivity index (χ4n) is 1.52. The molecule has 6 heteroatoms. The Kier molecular flexibility index (Phi) is 4.29. The van der Waals surface area contributed by atoms with Crippen LogP contribution in [-0.2, 0) is 9.47 Å². The molecule has 0 unspecified atom stereocenters. The average molecular weight is 288 g/mol. The third-order valence-corrected chi connectivity index (χ3v) is 3.56. The number of nitrogens with zero attached hydrogens (tertiary/aromatic N) is 1.